The van der Waals surface area contributed by atoms with Crippen LogP contribution in [0.1, 0.15) is 12.8 Å². The van der Waals surface area contributed by atoms with Gasteiger partial charge in [0.1, 0.15) is 0 Å². The summed E-state index contributed by atoms with van der Waals surface area (Å²) >= 11 is 0. The summed E-state index contributed by atoms with van der Waals surface area (Å²) in [5.74, 6) is 0. The first-order valence-corrected chi connectivity index (χ1v) is 4.83. The van der Waals surface area contributed by atoms with Gasteiger partial charge in [0.25, 0.3) is 0 Å². The third-order valence-electron chi connectivity index (χ3n) is 2.66. The summed E-state index contributed by atoms with van der Waals surface area (Å²) in [7, 11) is 4.33. The second kappa shape index (κ2) is 4.80. The normalized spacial score (nSPS) is 26.5. The minimum atomic E-state index is 0.741. The first-order chi connectivity index (χ1) is 5.74. The Morgan fingerprint density at radius 2 is 2.25 bits per heavy atom. The second-order valence-corrected chi connectivity index (χ2v) is 3.85. The molecule has 1 saturated heterocycles. The van der Waals surface area contributed by atoms with Crippen LogP contribution in [0.4, 0.5) is 0 Å². The third-order valence-corrected chi connectivity index (χ3v) is 2.66. The van der Waals surface area contributed by atoms with Gasteiger partial charge < -0.3 is 15.5 Å². The topological polar surface area (TPSA) is 32.5 Å². The summed E-state index contributed by atoms with van der Waals surface area (Å²) in [6.07, 6.45) is 2.66. The maximum Gasteiger partial charge on any atom is 0.0217 e. The Morgan fingerprint density at radius 3 is 2.83 bits per heavy atom. The zero-order chi connectivity index (χ0) is 8.97. The summed E-state index contributed by atoms with van der Waals surface area (Å²) in [6, 6.07) is 0.741. The molecule has 72 valence electrons. The maximum atomic E-state index is 5.53. The van der Waals surface area contributed by atoms with E-state index in [0.717, 1.165) is 19.1 Å². The van der Waals surface area contributed by atoms with Crippen molar-refractivity contribution < 1.29 is 0 Å². The lowest BCUT2D eigenvalue weighted by atomic mass is 10.1. The SMILES string of the molecule is CN(C)[C@H]1CCCN(CCN)C1. The average molecular weight is 171 g/mol. The Labute approximate surface area is 75.5 Å². The van der Waals surface area contributed by atoms with Crippen molar-refractivity contribution >= 4 is 0 Å². The Balaban J connectivity index is 2.30. The molecule has 3 heteroatoms. The number of hydrogen-bond acceptors (Lipinski definition) is 3. The minimum absolute atomic E-state index is 0.741. The number of hydrogen-bond donors (Lipinski definition) is 1. The van der Waals surface area contributed by atoms with Crippen molar-refractivity contribution in [1.82, 2.24) is 9.80 Å². The predicted octanol–water partition coefficient (Wildman–Crippen LogP) is -0.0289. The number of nitrogens with zero attached hydrogens (tertiary/aromatic N) is 2. The van der Waals surface area contributed by atoms with Gasteiger partial charge in [-0.05, 0) is 33.5 Å². The molecule has 0 amide bonds. The molecule has 12 heavy (non-hydrogen) atoms. The predicted molar refractivity (Wildman–Crippen MR) is 52.2 cm³/mol. The summed E-state index contributed by atoms with van der Waals surface area (Å²) in [5, 5.41) is 0. The number of piperidine rings is 1. The zero-order valence-electron chi connectivity index (χ0n) is 8.29. The van der Waals surface area contributed by atoms with Gasteiger partial charge in [-0.2, -0.15) is 0 Å². The van der Waals surface area contributed by atoms with E-state index in [4.69, 9.17) is 5.73 Å². The summed E-state index contributed by atoms with van der Waals surface area (Å²) in [5.41, 5.74) is 5.53. The molecule has 1 aliphatic rings. The number of nitrogens with two attached hydrogens (primary N) is 1. The van der Waals surface area contributed by atoms with E-state index in [9.17, 15) is 0 Å². The highest BCUT2D eigenvalue weighted by atomic mass is 15.2. The van der Waals surface area contributed by atoms with Crippen LogP contribution < -0.4 is 5.73 Å². The highest BCUT2D eigenvalue weighted by Gasteiger charge is 2.20. The van der Waals surface area contributed by atoms with Crippen molar-refractivity contribution in [1.29, 1.82) is 0 Å². The molecule has 1 heterocycles. The lowest BCUT2D eigenvalue weighted by molar-refractivity contribution is 0.136. The average Bonchev–Trinajstić information content (AvgIpc) is 2.05. The Morgan fingerprint density at radius 1 is 1.50 bits per heavy atom. The molecule has 3 nitrogen and oxygen atoms in total. The van der Waals surface area contributed by atoms with Crippen LogP contribution in [0.15, 0.2) is 0 Å². The molecule has 0 aliphatic carbocycles. The van der Waals surface area contributed by atoms with Gasteiger partial charge in [-0.3, -0.25) is 0 Å². The molecule has 1 rings (SSSR count). The van der Waals surface area contributed by atoms with E-state index >= 15 is 0 Å². The summed E-state index contributed by atoms with van der Waals surface area (Å²) in [6.45, 7) is 4.29. The quantitative estimate of drug-likeness (QED) is 0.647. The molecule has 0 unspecified atom stereocenters. The van der Waals surface area contributed by atoms with Crippen molar-refractivity contribution in [3.05, 3.63) is 0 Å². The monoisotopic (exact) mass is 171 g/mol. The summed E-state index contributed by atoms with van der Waals surface area (Å²) in [4.78, 5) is 4.79. The van der Waals surface area contributed by atoms with E-state index in [2.05, 4.69) is 23.9 Å². The van der Waals surface area contributed by atoms with E-state index in [1.54, 1.807) is 0 Å². The lowest BCUT2D eigenvalue weighted by Crippen LogP contribution is -2.46. The second-order valence-electron chi connectivity index (χ2n) is 3.85. The molecule has 1 fully saturated rings. The fourth-order valence-corrected chi connectivity index (χ4v) is 1.84. The molecule has 0 aromatic carbocycles. The fraction of sp³-hybridized carbons (Fsp3) is 1.00. The van der Waals surface area contributed by atoms with Gasteiger partial charge in [0.15, 0.2) is 0 Å². The summed E-state index contributed by atoms with van der Waals surface area (Å²) < 4.78 is 0. The number of likely N-dealkylation sites (N-methyl/N-ethyl adjacent to an activating group) is 1. The largest absolute Gasteiger partial charge is 0.329 e. The molecule has 0 bridgehead atoms. The molecule has 0 spiro atoms. The lowest BCUT2D eigenvalue weighted by Gasteiger charge is -2.35. The highest BCUT2D eigenvalue weighted by Crippen LogP contribution is 2.12. The standard InChI is InChI=1S/C9H21N3/c1-11(2)9-4-3-6-12(8-9)7-5-10/h9H,3-8,10H2,1-2H3/t9-/m0/s1. The Kier molecular flexibility index (Phi) is 3.98. The zero-order valence-corrected chi connectivity index (χ0v) is 8.29. The van der Waals surface area contributed by atoms with Crippen LogP contribution in [-0.2, 0) is 0 Å². The van der Waals surface area contributed by atoms with E-state index < -0.39 is 0 Å². The van der Waals surface area contributed by atoms with Gasteiger partial charge >= 0.3 is 0 Å². The Hall–Kier alpha value is -0.120. The molecular weight excluding hydrogens is 150 g/mol. The molecular formula is C9H21N3. The van der Waals surface area contributed by atoms with Crippen molar-refractivity contribution in [3.8, 4) is 0 Å². The molecule has 0 aromatic heterocycles. The van der Waals surface area contributed by atoms with Crippen LogP contribution in [-0.4, -0.2) is 56.1 Å². The molecule has 0 aromatic rings. The van der Waals surface area contributed by atoms with E-state index in [0.29, 0.717) is 0 Å². The minimum Gasteiger partial charge on any atom is -0.329 e. The van der Waals surface area contributed by atoms with Crippen LogP contribution >= 0.6 is 0 Å². The molecule has 2 N–H and O–H groups in total. The smallest absolute Gasteiger partial charge is 0.0217 e. The molecule has 1 atom stereocenters. The maximum absolute atomic E-state index is 5.53. The van der Waals surface area contributed by atoms with E-state index in [1.807, 2.05) is 0 Å². The van der Waals surface area contributed by atoms with Crippen LogP contribution in [0.3, 0.4) is 0 Å². The van der Waals surface area contributed by atoms with Crippen molar-refractivity contribution in [2.24, 2.45) is 5.73 Å². The first-order valence-electron chi connectivity index (χ1n) is 4.83. The number of rotatable bonds is 3. The molecule has 1 aliphatic heterocycles. The molecule has 0 saturated carbocycles. The van der Waals surface area contributed by atoms with E-state index in [1.165, 1.54) is 25.9 Å². The van der Waals surface area contributed by atoms with Gasteiger partial charge in [-0.15, -0.1) is 0 Å². The first kappa shape index (κ1) is 9.96. The number of likely N-dealkylation sites (tertiary alicyclic amines) is 1. The van der Waals surface area contributed by atoms with Crippen LogP contribution in [0, 0.1) is 0 Å². The third kappa shape index (κ3) is 2.73. The van der Waals surface area contributed by atoms with Crippen LogP contribution in [0.2, 0.25) is 0 Å². The van der Waals surface area contributed by atoms with Gasteiger partial charge in [0.05, 0.1) is 0 Å². The van der Waals surface area contributed by atoms with Gasteiger partial charge in [0.2, 0.25) is 0 Å². The van der Waals surface area contributed by atoms with Gasteiger partial charge in [-0.1, -0.05) is 0 Å². The fourth-order valence-electron chi connectivity index (χ4n) is 1.84. The highest BCUT2D eigenvalue weighted by molar-refractivity contribution is 4.77. The molecule has 0 radical (unpaired) electrons. The van der Waals surface area contributed by atoms with Crippen molar-refractivity contribution in [2.75, 3.05) is 40.3 Å². The van der Waals surface area contributed by atoms with Crippen molar-refractivity contribution in [3.63, 3.8) is 0 Å². The Bertz CT molecular complexity index is 123. The van der Waals surface area contributed by atoms with Gasteiger partial charge in [0, 0.05) is 25.7 Å². The van der Waals surface area contributed by atoms with Gasteiger partial charge in [-0.25, -0.2) is 0 Å². The van der Waals surface area contributed by atoms with E-state index in [-0.39, 0.29) is 0 Å². The van der Waals surface area contributed by atoms with Crippen molar-refractivity contribution in [2.45, 2.75) is 18.9 Å². The van der Waals surface area contributed by atoms with Crippen LogP contribution in [0.25, 0.3) is 0 Å². The van der Waals surface area contributed by atoms with Crippen LogP contribution in [0.5, 0.6) is 0 Å².